The van der Waals surface area contributed by atoms with Gasteiger partial charge in [0.15, 0.2) is 6.10 Å². The normalized spacial score (nSPS) is 35.9. The maximum atomic E-state index is 15.3. The molecule has 2 bridgehead atoms. The monoisotopic (exact) mass is 810 g/mol. The van der Waals surface area contributed by atoms with Gasteiger partial charge in [0.25, 0.3) is 0 Å². The number of aliphatic hydroxyl groups is 2. The minimum absolute atomic E-state index is 0.0951. The van der Waals surface area contributed by atoms with Crippen molar-refractivity contribution in [2.24, 2.45) is 11.8 Å². The molecule has 13 heteroatoms. The van der Waals surface area contributed by atoms with E-state index in [2.05, 4.69) is 39.9 Å². The first kappa shape index (κ1) is 40.0. The van der Waals surface area contributed by atoms with Crippen LogP contribution in [0.25, 0.3) is 10.9 Å². The molecular formula is C46H58N4O9. The number of nitrogens with zero attached hydrogens (tertiary/aromatic N) is 3. The lowest BCUT2D eigenvalue weighted by atomic mass is 9.52. The fourth-order valence-corrected chi connectivity index (χ4v) is 13.2. The number of hydrogen-bond donors (Lipinski definition) is 3. The third kappa shape index (κ3) is 5.39. The third-order valence-corrected chi connectivity index (χ3v) is 15.4. The minimum Gasteiger partial charge on any atom is -0.496 e. The second kappa shape index (κ2) is 14.1. The van der Waals surface area contributed by atoms with Gasteiger partial charge < -0.3 is 39.0 Å². The summed E-state index contributed by atoms with van der Waals surface area (Å²) in [5, 5.41) is 26.3. The van der Waals surface area contributed by atoms with Crippen molar-refractivity contribution in [1.82, 2.24) is 14.8 Å². The Labute approximate surface area is 345 Å². The summed E-state index contributed by atoms with van der Waals surface area (Å²) < 4.78 is 23.9. The van der Waals surface area contributed by atoms with Crippen LogP contribution in [0.5, 0.6) is 5.75 Å². The number of methoxy groups -OCH3 is 3. The number of para-hydroxylation sites is 1. The maximum absolute atomic E-state index is 15.3. The lowest BCUT2D eigenvalue weighted by Crippen LogP contribution is -2.78. The zero-order valence-corrected chi connectivity index (χ0v) is 35.3. The van der Waals surface area contributed by atoms with Crippen LogP contribution in [-0.2, 0) is 45.8 Å². The van der Waals surface area contributed by atoms with Crippen molar-refractivity contribution in [3.05, 3.63) is 70.4 Å². The Morgan fingerprint density at radius 1 is 0.983 bits per heavy atom. The molecule has 0 radical (unpaired) electrons. The van der Waals surface area contributed by atoms with Crippen LogP contribution in [0, 0.1) is 11.8 Å². The number of aromatic amines is 1. The molecule has 5 aliphatic heterocycles. The lowest BCUT2D eigenvalue weighted by Gasteiger charge is -2.59. The van der Waals surface area contributed by atoms with Crippen LogP contribution in [0.3, 0.4) is 0 Å². The van der Waals surface area contributed by atoms with Crippen molar-refractivity contribution in [3.8, 4) is 5.75 Å². The first-order valence-corrected chi connectivity index (χ1v) is 21.3. The highest BCUT2D eigenvalue weighted by Gasteiger charge is 2.77. The van der Waals surface area contributed by atoms with Gasteiger partial charge in [-0.05, 0) is 74.2 Å². The number of aromatic nitrogens is 1. The molecule has 9 rings (SSSR count). The summed E-state index contributed by atoms with van der Waals surface area (Å²) in [7, 11) is 6.16. The van der Waals surface area contributed by atoms with Gasteiger partial charge in [0.05, 0.1) is 33.0 Å². The molecule has 13 nitrogen and oxygen atoms in total. The SMILES string of the molecule is CCC1=CCN2CC[C@]34c5cc([C@@]6(C(=O)OC)C[C@@H]7CN(CCc8c6[nH]c6ccccc86)C[C@](O)(CC)C7)c(OC)cc5N(C)[C@H]3C(O)(C(=O)OC)[C@H](OC(C)=O)C1[C@H]24. The van der Waals surface area contributed by atoms with Gasteiger partial charge in [0.1, 0.15) is 11.2 Å². The van der Waals surface area contributed by atoms with Gasteiger partial charge >= 0.3 is 17.9 Å². The van der Waals surface area contributed by atoms with Crippen molar-refractivity contribution in [2.75, 3.05) is 66.0 Å². The van der Waals surface area contributed by atoms with Gasteiger partial charge in [-0.25, -0.2) is 4.79 Å². The van der Waals surface area contributed by atoms with Gasteiger partial charge in [-0.3, -0.25) is 19.4 Å². The second-order valence-corrected chi connectivity index (χ2v) is 18.1. The number of carbonyl (C=O) groups excluding carboxylic acids is 3. The number of likely N-dealkylation sites (N-methyl/N-ethyl adjacent to an activating group) is 1. The number of H-pyrrole nitrogens is 1. The van der Waals surface area contributed by atoms with Gasteiger partial charge in [0, 0.05) is 91.4 Å². The average Bonchev–Trinajstić information content (AvgIpc) is 3.89. The second-order valence-electron chi connectivity index (χ2n) is 18.1. The van der Waals surface area contributed by atoms with Crippen molar-refractivity contribution in [1.29, 1.82) is 0 Å². The van der Waals surface area contributed by atoms with Crippen molar-refractivity contribution < 1.29 is 43.5 Å². The molecule has 1 spiro atoms. The summed E-state index contributed by atoms with van der Waals surface area (Å²) >= 11 is 0. The van der Waals surface area contributed by atoms with Gasteiger partial charge in [-0.2, -0.15) is 0 Å². The zero-order valence-electron chi connectivity index (χ0n) is 35.3. The fraction of sp³-hybridized carbons (Fsp3) is 0.587. The van der Waals surface area contributed by atoms with Crippen LogP contribution in [-0.4, -0.2) is 133 Å². The van der Waals surface area contributed by atoms with Gasteiger partial charge in [-0.15, -0.1) is 0 Å². The highest BCUT2D eigenvalue weighted by molar-refractivity contribution is 5.95. The molecule has 6 heterocycles. The molecule has 2 saturated heterocycles. The molecule has 1 aromatic heterocycles. The summed E-state index contributed by atoms with van der Waals surface area (Å²) in [5.41, 5.74) is 0.462. The van der Waals surface area contributed by atoms with Crippen molar-refractivity contribution in [3.63, 3.8) is 0 Å². The van der Waals surface area contributed by atoms with E-state index in [4.69, 9.17) is 18.9 Å². The zero-order chi connectivity index (χ0) is 41.8. The van der Waals surface area contributed by atoms with Crippen molar-refractivity contribution in [2.45, 2.75) is 99.5 Å². The predicted octanol–water partition coefficient (Wildman–Crippen LogP) is 3.99. The van der Waals surface area contributed by atoms with E-state index in [1.165, 1.54) is 21.1 Å². The largest absolute Gasteiger partial charge is 0.496 e. The molecule has 6 aliphatic rings. The van der Waals surface area contributed by atoms with Crippen LogP contribution < -0.4 is 9.64 Å². The van der Waals surface area contributed by atoms with E-state index in [0.29, 0.717) is 82.6 Å². The van der Waals surface area contributed by atoms with Crippen LogP contribution in [0.4, 0.5) is 5.69 Å². The van der Waals surface area contributed by atoms with E-state index in [9.17, 15) is 19.8 Å². The predicted molar refractivity (Wildman–Crippen MR) is 220 cm³/mol. The fourth-order valence-electron chi connectivity index (χ4n) is 13.2. The summed E-state index contributed by atoms with van der Waals surface area (Å²) in [4.78, 5) is 53.0. The highest BCUT2D eigenvalue weighted by Crippen LogP contribution is 2.65. The number of anilines is 1. The number of piperidine rings is 1. The lowest BCUT2D eigenvalue weighted by molar-refractivity contribution is -0.212. The van der Waals surface area contributed by atoms with E-state index in [1.54, 1.807) is 7.11 Å². The smallest absolute Gasteiger partial charge is 0.344 e. The summed E-state index contributed by atoms with van der Waals surface area (Å²) in [6, 6.07) is 11.0. The van der Waals surface area contributed by atoms with Crippen LogP contribution >= 0.6 is 0 Å². The molecule has 59 heavy (non-hydrogen) atoms. The Morgan fingerprint density at radius 2 is 1.75 bits per heavy atom. The Hall–Kier alpha value is -4.43. The van der Waals surface area contributed by atoms with Gasteiger partial charge in [0.2, 0.25) is 5.60 Å². The number of hydrogen-bond acceptors (Lipinski definition) is 12. The third-order valence-electron chi connectivity index (χ3n) is 15.4. The summed E-state index contributed by atoms with van der Waals surface area (Å²) in [6.45, 7) is 8.71. The first-order valence-electron chi connectivity index (χ1n) is 21.3. The quantitative estimate of drug-likeness (QED) is 0.180. The molecular weight excluding hydrogens is 753 g/mol. The average molecular weight is 811 g/mol. The Kier molecular flexibility index (Phi) is 9.54. The van der Waals surface area contributed by atoms with Crippen LogP contribution in [0.1, 0.15) is 75.3 Å². The Morgan fingerprint density at radius 3 is 2.44 bits per heavy atom. The van der Waals surface area contributed by atoms with Crippen molar-refractivity contribution >= 4 is 34.5 Å². The molecule has 0 amide bonds. The number of benzene rings is 2. The Balaban J connectivity index is 1.35. The Bertz CT molecular complexity index is 2260. The number of carbonyl (C=O) groups is 3. The topological polar surface area (TPSA) is 154 Å². The molecule has 3 fully saturated rings. The highest BCUT2D eigenvalue weighted by atomic mass is 16.6. The van der Waals surface area contributed by atoms with E-state index < -0.39 is 58.0 Å². The molecule has 3 N–H and O–H groups in total. The molecule has 1 aliphatic carbocycles. The number of rotatable bonds is 7. The maximum Gasteiger partial charge on any atom is 0.344 e. The number of esters is 3. The summed E-state index contributed by atoms with van der Waals surface area (Å²) in [6.07, 6.45) is 4.23. The summed E-state index contributed by atoms with van der Waals surface area (Å²) in [5.74, 6) is -2.06. The van der Waals surface area contributed by atoms with E-state index >= 15 is 4.79 Å². The number of nitrogens with one attached hydrogen (secondary N) is 1. The molecule has 3 unspecified atom stereocenters. The van der Waals surface area contributed by atoms with Gasteiger partial charge in [-0.1, -0.05) is 43.7 Å². The molecule has 1 saturated carbocycles. The van der Waals surface area contributed by atoms with E-state index in [-0.39, 0.29) is 12.0 Å². The minimum atomic E-state index is -2.27. The van der Waals surface area contributed by atoms with E-state index in [0.717, 1.165) is 39.0 Å². The molecule has 316 valence electrons. The standard InChI is InChI=1S/C46H58N4O9/c1-8-28-14-18-50-19-16-44-31-20-32(35(56-5)21-34(31)48(4)40(44)46(55,42(53)58-7)39(59-26(3)51)36(28)38(44)50)45(41(52)57-6)23-27-22-43(54,9-2)25-49(24-27)17-15-30-29-12-10-11-13-33(29)47-37(30)45/h10-14,20-21,27,36,38-40,47,54-55H,8-9,15-19,22-25H2,1-7H3/t27-,36?,38+,39-,40-,43+,44-,45+,46?/m1/s1. The number of ether oxygens (including phenoxy) is 4. The molecule has 10 atom stereocenters. The number of fused-ring (bicyclic) bond motifs is 6. The molecule has 3 aromatic rings. The van der Waals surface area contributed by atoms with Crippen LogP contribution in [0.15, 0.2) is 48.0 Å². The first-order chi connectivity index (χ1) is 28.3. The van der Waals surface area contributed by atoms with Crippen LogP contribution in [0.2, 0.25) is 0 Å². The van der Waals surface area contributed by atoms with E-state index in [1.807, 2.05) is 43.1 Å². The molecule has 2 aromatic carbocycles.